The van der Waals surface area contributed by atoms with Crippen molar-refractivity contribution >= 4 is 5.97 Å². The van der Waals surface area contributed by atoms with Crippen molar-refractivity contribution in [2.75, 3.05) is 0 Å². The Morgan fingerprint density at radius 3 is 1.11 bits per heavy atom. The van der Waals surface area contributed by atoms with E-state index >= 15 is 0 Å². The van der Waals surface area contributed by atoms with Gasteiger partial charge in [0, 0.05) is 6.42 Å². The molecular formula is C34H56O2. The summed E-state index contributed by atoms with van der Waals surface area (Å²) < 4.78 is 0. The predicted molar refractivity (Wildman–Crippen MR) is 160 cm³/mol. The van der Waals surface area contributed by atoms with Crippen molar-refractivity contribution in [1.82, 2.24) is 0 Å². The Balaban J connectivity index is 3.33. The van der Waals surface area contributed by atoms with Crippen molar-refractivity contribution in [1.29, 1.82) is 0 Å². The minimum Gasteiger partial charge on any atom is -0.481 e. The van der Waals surface area contributed by atoms with Crippen LogP contribution in [-0.2, 0) is 4.79 Å². The molecule has 2 nitrogen and oxygen atoms in total. The van der Waals surface area contributed by atoms with Crippen molar-refractivity contribution in [3.63, 3.8) is 0 Å². The van der Waals surface area contributed by atoms with Crippen LogP contribution in [0.1, 0.15) is 135 Å². The van der Waals surface area contributed by atoms with Gasteiger partial charge in [-0.2, -0.15) is 0 Å². The third kappa shape index (κ3) is 31.9. The Kier molecular flexibility index (Phi) is 29.1. The van der Waals surface area contributed by atoms with E-state index in [4.69, 9.17) is 5.11 Å². The van der Waals surface area contributed by atoms with Crippen molar-refractivity contribution in [3.05, 3.63) is 72.9 Å². The van der Waals surface area contributed by atoms with Gasteiger partial charge < -0.3 is 5.11 Å². The summed E-state index contributed by atoms with van der Waals surface area (Å²) in [5.41, 5.74) is 0. The fourth-order valence-corrected chi connectivity index (χ4v) is 3.95. The molecule has 0 atom stereocenters. The first-order chi connectivity index (χ1) is 17.8. The second kappa shape index (κ2) is 30.9. The van der Waals surface area contributed by atoms with Gasteiger partial charge in [0.25, 0.3) is 0 Å². The number of hydrogen-bond acceptors (Lipinski definition) is 1. The van der Waals surface area contributed by atoms with Crippen LogP contribution in [0.3, 0.4) is 0 Å². The minimum absolute atomic E-state index is 0.333. The molecule has 0 spiro atoms. The molecule has 0 radical (unpaired) electrons. The van der Waals surface area contributed by atoms with Crippen LogP contribution in [-0.4, -0.2) is 11.1 Å². The Bertz CT molecular complexity index is 634. The zero-order valence-corrected chi connectivity index (χ0v) is 23.4. The average Bonchev–Trinajstić information content (AvgIpc) is 2.87. The number of unbranched alkanes of at least 4 members (excludes halogenated alkanes) is 12. The number of aliphatic carboxylic acids is 1. The van der Waals surface area contributed by atoms with Gasteiger partial charge in [-0.1, -0.05) is 144 Å². The maximum atomic E-state index is 10.5. The lowest BCUT2D eigenvalue weighted by molar-refractivity contribution is -0.137. The smallest absolute Gasteiger partial charge is 0.303 e. The van der Waals surface area contributed by atoms with E-state index < -0.39 is 5.97 Å². The highest BCUT2D eigenvalue weighted by Crippen LogP contribution is 2.13. The number of allylic oxidation sites excluding steroid dienone is 12. The van der Waals surface area contributed by atoms with Crippen LogP contribution in [0, 0.1) is 0 Å². The van der Waals surface area contributed by atoms with E-state index in [9.17, 15) is 4.79 Å². The first kappa shape index (κ1) is 33.9. The SMILES string of the molecule is CC/C=C\C/C=C\C/C=C\C/C=C\C/C=C\C/C=C\CCCCCCCCCCCCCCC(=O)O. The highest BCUT2D eigenvalue weighted by atomic mass is 16.4. The summed E-state index contributed by atoms with van der Waals surface area (Å²) in [4.78, 5) is 10.5. The van der Waals surface area contributed by atoms with Crippen LogP contribution in [0.5, 0.6) is 0 Å². The van der Waals surface area contributed by atoms with Gasteiger partial charge in [0.05, 0.1) is 0 Å². The number of rotatable bonds is 26. The third-order valence-electron chi connectivity index (χ3n) is 6.11. The lowest BCUT2D eigenvalue weighted by Gasteiger charge is -2.02. The van der Waals surface area contributed by atoms with E-state index in [2.05, 4.69) is 79.8 Å². The summed E-state index contributed by atoms with van der Waals surface area (Å²) in [6, 6.07) is 0. The van der Waals surface area contributed by atoms with Gasteiger partial charge in [0.2, 0.25) is 0 Å². The summed E-state index contributed by atoms with van der Waals surface area (Å²) in [5, 5.41) is 8.61. The van der Waals surface area contributed by atoms with Crippen LogP contribution in [0.4, 0.5) is 0 Å². The van der Waals surface area contributed by atoms with E-state index in [1.54, 1.807) is 0 Å². The standard InChI is InChI=1S/C34H56O2/c1-2-3-4-5-6-7-8-9-10-11-12-13-14-15-16-17-18-19-20-21-22-23-24-25-26-27-28-29-30-31-32-33-34(35)36/h3-4,6-7,9-10,12-13,15-16,18-19H,2,5,8,11,14,17,20-33H2,1H3,(H,35,36)/b4-3-,7-6-,10-9-,13-12-,16-15-,19-18-. The molecule has 0 aliphatic heterocycles. The number of carboxylic acids is 1. The van der Waals surface area contributed by atoms with Crippen molar-refractivity contribution in [3.8, 4) is 0 Å². The molecule has 36 heavy (non-hydrogen) atoms. The Morgan fingerprint density at radius 2 is 0.750 bits per heavy atom. The normalized spacial score (nSPS) is 12.7. The summed E-state index contributed by atoms with van der Waals surface area (Å²) in [7, 11) is 0. The molecule has 0 aromatic carbocycles. The Labute approximate surface area is 224 Å². The maximum absolute atomic E-state index is 10.5. The molecule has 0 heterocycles. The molecule has 0 aliphatic carbocycles. The largest absolute Gasteiger partial charge is 0.481 e. The van der Waals surface area contributed by atoms with E-state index in [0.717, 1.165) is 51.4 Å². The topological polar surface area (TPSA) is 37.3 Å². The van der Waals surface area contributed by atoms with Crippen LogP contribution in [0.2, 0.25) is 0 Å². The fourth-order valence-electron chi connectivity index (χ4n) is 3.95. The highest BCUT2D eigenvalue weighted by Gasteiger charge is 1.97. The molecule has 1 N–H and O–H groups in total. The molecule has 0 amide bonds. The molecule has 0 saturated carbocycles. The molecule has 0 saturated heterocycles. The Morgan fingerprint density at radius 1 is 0.444 bits per heavy atom. The van der Waals surface area contributed by atoms with Crippen LogP contribution < -0.4 is 0 Å². The van der Waals surface area contributed by atoms with E-state index in [0.29, 0.717) is 6.42 Å². The molecule has 204 valence electrons. The predicted octanol–water partition coefficient (Wildman–Crippen LogP) is 11.2. The molecule has 0 fully saturated rings. The highest BCUT2D eigenvalue weighted by molar-refractivity contribution is 5.66. The number of hydrogen-bond donors (Lipinski definition) is 1. The molecule has 0 aromatic heterocycles. The fraction of sp³-hybridized carbons (Fsp3) is 0.618. The lowest BCUT2D eigenvalue weighted by atomic mass is 10.0. The van der Waals surface area contributed by atoms with Crippen molar-refractivity contribution < 1.29 is 9.90 Å². The van der Waals surface area contributed by atoms with Gasteiger partial charge in [-0.05, 0) is 57.8 Å². The van der Waals surface area contributed by atoms with Gasteiger partial charge in [-0.15, -0.1) is 0 Å². The third-order valence-corrected chi connectivity index (χ3v) is 6.11. The van der Waals surface area contributed by atoms with Crippen molar-refractivity contribution in [2.45, 2.75) is 135 Å². The first-order valence-electron chi connectivity index (χ1n) is 14.9. The second-order valence-electron chi connectivity index (χ2n) is 9.59. The van der Waals surface area contributed by atoms with Crippen molar-refractivity contribution in [2.24, 2.45) is 0 Å². The molecule has 0 bridgehead atoms. The zero-order valence-electron chi connectivity index (χ0n) is 23.4. The monoisotopic (exact) mass is 496 g/mol. The molecular weight excluding hydrogens is 440 g/mol. The zero-order chi connectivity index (χ0) is 26.2. The summed E-state index contributed by atoms with van der Waals surface area (Å²) in [5.74, 6) is -0.660. The van der Waals surface area contributed by atoms with Crippen LogP contribution >= 0.6 is 0 Å². The minimum atomic E-state index is -0.660. The van der Waals surface area contributed by atoms with Crippen LogP contribution in [0.25, 0.3) is 0 Å². The van der Waals surface area contributed by atoms with Crippen LogP contribution in [0.15, 0.2) is 72.9 Å². The molecule has 0 aliphatic rings. The average molecular weight is 497 g/mol. The summed E-state index contributed by atoms with van der Waals surface area (Å²) in [6.45, 7) is 2.16. The van der Waals surface area contributed by atoms with E-state index in [-0.39, 0.29) is 0 Å². The molecule has 0 aromatic rings. The summed E-state index contributed by atoms with van der Waals surface area (Å²) >= 11 is 0. The van der Waals surface area contributed by atoms with Gasteiger partial charge in [-0.3, -0.25) is 4.79 Å². The quantitative estimate of drug-likeness (QED) is 0.0954. The Hall–Kier alpha value is -2.09. The molecule has 0 unspecified atom stereocenters. The molecule has 2 heteroatoms. The second-order valence-corrected chi connectivity index (χ2v) is 9.59. The number of carboxylic acid groups (broad SMARTS) is 1. The lowest BCUT2D eigenvalue weighted by Crippen LogP contribution is -1.93. The van der Waals surface area contributed by atoms with Gasteiger partial charge in [0.15, 0.2) is 0 Å². The van der Waals surface area contributed by atoms with E-state index in [1.807, 2.05) is 0 Å². The van der Waals surface area contributed by atoms with Gasteiger partial charge >= 0.3 is 5.97 Å². The first-order valence-corrected chi connectivity index (χ1v) is 14.9. The molecule has 0 rings (SSSR count). The van der Waals surface area contributed by atoms with Gasteiger partial charge in [0.1, 0.15) is 0 Å². The van der Waals surface area contributed by atoms with Gasteiger partial charge in [-0.25, -0.2) is 0 Å². The van der Waals surface area contributed by atoms with E-state index in [1.165, 1.54) is 70.6 Å². The summed E-state index contributed by atoms with van der Waals surface area (Å²) in [6.07, 6.45) is 50.1. The number of carbonyl (C=O) groups is 1. The maximum Gasteiger partial charge on any atom is 0.303 e.